The van der Waals surface area contributed by atoms with Crippen LogP contribution in [0.25, 0.3) is 0 Å². The molecule has 1 amide bonds. The number of methoxy groups -OCH3 is 1. The van der Waals surface area contributed by atoms with Crippen LogP contribution in [0.1, 0.15) is 44.7 Å². The number of hydrogen-bond acceptors (Lipinski definition) is 3. The van der Waals surface area contributed by atoms with Crippen LogP contribution >= 0.6 is 0 Å². The summed E-state index contributed by atoms with van der Waals surface area (Å²) in [6.45, 7) is 6.76. The fourth-order valence-electron chi connectivity index (χ4n) is 3.90. The number of carbonyl (C=O) groups excluding carboxylic acids is 1. The Morgan fingerprint density at radius 3 is 2.44 bits per heavy atom. The normalized spacial score (nSPS) is 19.8. The Bertz CT molecular complexity index is 861. The van der Waals surface area contributed by atoms with Gasteiger partial charge in [0.15, 0.2) is 0 Å². The first kappa shape index (κ1) is 17.9. The molecule has 1 aliphatic carbocycles. The van der Waals surface area contributed by atoms with E-state index in [1.807, 2.05) is 30.3 Å². The number of amides is 1. The Kier molecular flexibility index (Phi) is 4.17. The third kappa shape index (κ3) is 3.29. The van der Waals surface area contributed by atoms with E-state index >= 15 is 0 Å². The van der Waals surface area contributed by atoms with Crippen molar-refractivity contribution in [3.8, 4) is 5.75 Å². The maximum absolute atomic E-state index is 13.0. The molecule has 27 heavy (non-hydrogen) atoms. The van der Waals surface area contributed by atoms with Gasteiger partial charge >= 0.3 is 0 Å². The van der Waals surface area contributed by atoms with E-state index in [0.717, 1.165) is 36.3 Å². The molecule has 1 aliphatic heterocycles. The first-order valence-electron chi connectivity index (χ1n) is 9.67. The van der Waals surface area contributed by atoms with Crippen LogP contribution in [-0.4, -0.2) is 19.1 Å². The summed E-state index contributed by atoms with van der Waals surface area (Å²) in [5, 5.41) is 6.77. The van der Waals surface area contributed by atoms with E-state index in [1.165, 1.54) is 11.3 Å². The van der Waals surface area contributed by atoms with Crippen molar-refractivity contribution in [3.05, 3.63) is 53.6 Å². The maximum atomic E-state index is 13.0. The molecule has 1 atom stereocenters. The van der Waals surface area contributed by atoms with Crippen molar-refractivity contribution in [3.63, 3.8) is 0 Å². The molecule has 1 unspecified atom stereocenters. The van der Waals surface area contributed by atoms with Gasteiger partial charge < -0.3 is 15.4 Å². The Labute approximate surface area is 161 Å². The molecule has 1 heterocycles. The second-order valence-electron chi connectivity index (χ2n) is 8.90. The van der Waals surface area contributed by atoms with Gasteiger partial charge in [-0.2, -0.15) is 0 Å². The van der Waals surface area contributed by atoms with Gasteiger partial charge in [0, 0.05) is 17.4 Å². The van der Waals surface area contributed by atoms with Crippen molar-refractivity contribution in [2.75, 3.05) is 17.7 Å². The number of fused-ring (bicyclic) bond motifs is 1. The molecule has 1 saturated carbocycles. The standard InChI is InChI=1S/C23H28N2O2/c1-22(2,3)20-14-15-13-17(7-10-19(15)25-20)24-21(26)23(11-12-23)16-5-8-18(27-4)9-6-16/h5-10,13,20,25H,11-12,14H2,1-4H3,(H,24,26). The number of nitrogens with one attached hydrogen (secondary N) is 2. The van der Waals surface area contributed by atoms with Crippen LogP contribution in [-0.2, 0) is 16.6 Å². The number of hydrogen-bond donors (Lipinski definition) is 2. The van der Waals surface area contributed by atoms with Crippen molar-refractivity contribution in [1.82, 2.24) is 0 Å². The van der Waals surface area contributed by atoms with Crippen LogP contribution in [0.5, 0.6) is 5.75 Å². The molecule has 2 aromatic rings. The van der Waals surface area contributed by atoms with Crippen LogP contribution in [0.2, 0.25) is 0 Å². The van der Waals surface area contributed by atoms with E-state index in [4.69, 9.17) is 4.74 Å². The van der Waals surface area contributed by atoms with Crippen LogP contribution in [0, 0.1) is 5.41 Å². The predicted octanol–water partition coefficient (Wildman–Crippen LogP) is 4.75. The van der Waals surface area contributed by atoms with Gasteiger partial charge in [-0.15, -0.1) is 0 Å². The van der Waals surface area contributed by atoms with Crippen LogP contribution in [0.4, 0.5) is 11.4 Å². The zero-order valence-corrected chi connectivity index (χ0v) is 16.6. The van der Waals surface area contributed by atoms with Crippen LogP contribution in [0.15, 0.2) is 42.5 Å². The van der Waals surface area contributed by atoms with Crippen LogP contribution in [0.3, 0.4) is 0 Å². The van der Waals surface area contributed by atoms with Gasteiger partial charge in [-0.25, -0.2) is 0 Å². The lowest BCUT2D eigenvalue weighted by molar-refractivity contribution is -0.118. The maximum Gasteiger partial charge on any atom is 0.235 e. The highest BCUT2D eigenvalue weighted by atomic mass is 16.5. The predicted molar refractivity (Wildman–Crippen MR) is 110 cm³/mol. The Morgan fingerprint density at radius 1 is 1.15 bits per heavy atom. The van der Waals surface area contributed by atoms with Gasteiger partial charge in [-0.1, -0.05) is 32.9 Å². The highest BCUT2D eigenvalue weighted by molar-refractivity contribution is 6.01. The summed E-state index contributed by atoms with van der Waals surface area (Å²) in [5.41, 5.74) is 4.23. The molecule has 1 fully saturated rings. The monoisotopic (exact) mass is 364 g/mol. The van der Waals surface area contributed by atoms with Crippen molar-refractivity contribution in [2.45, 2.75) is 51.5 Å². The fraction of sp³-hybridized carbons (Fsp3) is 0.435. The summed E-state index contributed by atoms with van der Waals surface area (Å²) < 4.78 is 5.23. The SMILES string of the molecule is COc1ccc(C2(C(=O)Nc3ccc4c(c3)CC(C(C)(C)C)N4)CC2)cc1. The highest BCUT2D eigenvalue weighted by Crippen LogP contribution is 2.49. The summed E-state index contributed by atoms with van der Waals surface area (Å²) in [7, 11) is 1.65. The van der Waals surface area contributed by atoms with Crippen molar-refractivity contribution < 1.29 is 9.53 Å². The van der Waals surface area contributed by atoms with Gasteiger partial charge in [0.2, 0.25) is 5.91 Å². The average Bonchev–Trinajstić information content (AvgIpc) is 3.34. The average molecular weight is 364 g/mol. The molecule has 142 valence electrons. The molecular formula is C23H28N2O2. The molecule has 0 spiro atoms. The molecule has 0 aromatic heterocycles. The first-order chi connectivity index (χ1) is 12.8. The van der Waals surface area contributed by atoms with E-state index in [0.29, 0.717) is 6.04 Å². The number of rotatable bonds is 4. The fourth-order valence-corrected chi connectivity index (χ4v) is 3.90. The molecular weight excluding hydrogens is 336 g/mol. The topological polar surface area (TPSA) is 50.4 Å². The van der Waals surface area contributed by atoms with E-state index in [-0.39, 0.29) is 11.3 Å². The molecule has 4 nitrogen and oxygen atoms in total. The minimum atomic E-state index is -0.391. The van der Waals surface area contributed by atoms with Crippen molar-refractivity contribution in [2.24, 2.45) is 5.41 Å². The second-order valence-corrected chi connectivity index (χ2v) is 8.90. The molecule has 0 radical (unpaired) electrons. The lowest BCUT2D eigenvalue weighted by Crippen LogP contribution is -2.31. The molecule has 2 aliphatic rings. The van der Waals surface area contributed by atoms with Crippen molar-refractivity contribution >= 4 is 17.3 Å². The summed E-state index contributed by atoms with van der Waals surface area (Å²) in [4.78, 5) is 13.0. The van der Waals surface area contributed by atoms with Gasteiger partial charge in [-0.3, -0.25) is 4.79 Å². The third-order valence-corrected chi connectivity index (χ3v) is 5.99. The van der Waals surface area contributed by atoms with Gasteiger partial charge in [0.05, 0.1) is 12.5 Å². The lowest BCUT2D eigenvalue weighted by Gasteiger charge is -2.27. The summed E-state index contributed by atoms with van der Waals surface area (Å²) >= 11 is 0. The quantitative estimate of drug-likeness (QED) is 0.823. The summed E-state index contributed by atoms with van der Waals surface area (Å²) in [5.74, 6) is 0.903. The molecule has 4 heteroatoms. The smallest absolute Gasteiger partial charge is 0.235 e. The molecule has 4 rings (SSSR count). The number of benzene rings is 2. The second kappa shape index (κ2) is 6.29. The molecule has 2 aromatic carbocycles. The molecule has 2 N–H and O–H groups in total. The minimum Gasteiger partial charge on any atom is -0.497 e. The van der Waals surface area contributed by atoms with E-state index < -0.39 is 5.41 Å². The van der Waals surface area contributed by atoms with Crippen LogP contribution < -0.4 is 15.4 Å². The first-order valence-corrected chi connectivity index (χ1v) is 9.67. The number of carbonyl (C=O) groups is 1. The Morgan fingerprint density at radius 2 is 1.85 bits per heavy atom. The number of ether oxygens (including phenoxy) is 1. The summed E-state index contributed by atoms with van der Waals surface area (Å²) in [6.07, 6.45) is 2.78. The molecule has 0 bridgehead atoms. The van der Waals surface area contributed by atoms with E-state index in [2.05, 4.69) is 43.5 Å². The Hall–Kier alpha value is -2.49. The van der Waals surface area contributed by atoms with Crippen molar-refractivity contribution in [1.29, 1.82) is 0 Å². The largest absolute Gasteiger partial charge is 0.497 e. The lowest BCUT2D eigenvalue weighted by atomic mass is 9.85. The summed E-state index contributed by atoms with van der Waals surface area (Å²) in [6, 6.07) is 14.5. The molecule has 0 saturated heterocycles. The third-order valence-electron chi connectivity index (χ3n) is 5.99. The van der Waals surface area contributed by atoms with Gasteiger partial charge in [-0.05, 0) is 66.1 Å². The Balaban J connectivity index is 1.49. The zero-order chi connectivity index (χ0) is 19.2. The number of anilines is 2. The van der Waals surface area contributed by atoms with Gasteiger partial charge in [0.1, 0.15) is 5.75 Å². The minimum absolute atomic E-state index is 0.0888. The highest BCUT2D eigenvalue weighted by Gasteiger charge is 2.51. The van der Waals surface area contributed by atoms with E-state index in [9.17, 15) is 4.79 Å². The van der Waals surface area contributed by atoms with E-state index in [1.54, 1.807) is 7.11 Å². The zero-order valence-electron chi connectivity index (χ0n) is 16.6. The van der Waals surface area contributed by atoms with Gasteiger partial charge in [0.25, 0.3) is 0 Å².